The van der Waals surface area contributed by atoms with Crippen molar-refractivity contribution >= 4 is 28.9 Å². The first-order valence-electron chi connectivity index (χ1n) is 2.51. The largest absolute Gasteiger partial charge is 0.383 e. The Morgan fingerprint density at radius 1 is 1.89 bits per heavy atom. The second kappa shape index (κ2) is 3.08. The molecule has 0 atom stereocenters. The Bertz CT molecular complexity index is 185. The van der Waals surface area contributed by atoms with Gasteiger partial charge in [0.2, 0.25) is 0 Å². The SMILES string of the molecule is CSCc1scnc1N. The number of nitrogens with two attached hydrogens (primary N) is 1. The van der Waals surface area contributed by atoms with Gasteiger partial charge in [-0.3, -0.25) is 0 Å². The van der Waals surface area contributed by atoms with Crippen molar-refractivity contribution in [2.75, 3.05) is 12.0 Å². The number of thiazole rings is 1. The van der Waals surface area contributed by atoms with E-state index in [0.29, 0.717) is 5.82 Å². The third kappa shape index (κ3) is 1.59. The monoisotopic (exact) mass is 160 g/mol. The van der Waals surface area contributed by atoms with Crippen molar-refractivity contribution in [3.05, 3.63) is 10.4 Å². The van der Waals surface area contributed by atoms with Crippen molar-refractivity contribution in [3.8, 4) is 0 Å². The van der Waals surface area contributed by atoms with Crippen LogP contribution in [0.3, 0.4) is 0 Å². The van der Waals surface area contributed by atoms with E-state index in [1.165, 1.54) is 4.88 Å². The quantitative estimate of drug-likeness (QED) is 0.714. The van der Waals surface area contributed by atoms with E-state index < -0.39 is 0 Å². The Hall–Kier alpha value is -0.220. The van der Waals surface area contributed by atoms with Crippen LogP contribution in [0, 0.1) is 0 Å². The number of anilines is 1. The van der Waals surface area contributed by atoms with Crippen molar-refractivity contribution < 1.29 is 0 Å². The molecule has 0 bridgehead atoms. The van der Waals surface area contributed by atoms with Crippen molar-refractivity contribution in [3.63, 3.8) is 0 Å². The van der Waals surface area contributed by atoms with Crippen LogP contribution in [0.15, 0.2) is 5.51 Å². The number of aromatic nitrogens is 1. The number of nitrogen functional groups attached to an aromatic ring is 1. The zero-order chi connectivity index (χ0) is 6.69. The van der Waals surface area contributed by atoms with E-state index in [4.69, 9.17) is 5.73 Å². The topological polar surface area (TPSA) is 38.9 Å². The van der Waals surface area contributed by atoms with Crippen LogP contribution in [-0.4, -0.2) is 11.2 Å². The van der Waals surface area contributed by atoms with Gasteiger partial charge in [0, 0.05) is 5.75 Å². The number of hydrogen-bond donors (Lipinski definition) is 1. The lowest BCUT2D eigenvalue weighted by molar-refractivity contribution is 1.38. The Morgan fingerprint density at radius 2 is 2.67 bits per heavy atom. The number of hydrogen-bond acceptors (Lipinski definition) is 4. The molecule has 4 heteroatoms. The first-order chi connectivity index (χ1) is 4.34. The van der Waals surface area contributed by atoms with Crippen molar-refractivity contribution in [2.24, 2.45) is 0 Å². The summed E-state index contributed by atoms with van der Waals surface area (Å²) in [5, 5.41) is 0. The van der Waals surface area contributed by atoms with Crippen molar-refractivity contribution in [1.82, 2.24) is 4.98 Å². The van der Waals surface area contributed by atoms with Crippen LogP contribution in [0.4, 0.5) is 5.82 Å². The summed E-state index contributed by atoms with van der Waals surface area (Å²) >= 11 is 3.38. The normalized spacial score (nSPS) is 9.89. The predicted octanol–water partition coefficient (Wildman–Crippen LogP) is 1.59. The van der Waals surface area contributed by atoms with Gasteiger partial charge in [-0.05, 0) is 6.26 Å². The Labute approximate surface area is 62.5 Å². The summed E-state index contributed by atoms with van der Waals surface area (Å²) in [6.07, 6.45) is 2.05. The summed E-state index contributed by atoms with van der Waals surface area (Å²) in [5.41, 5.74) is 7.29. The standard InChI is InChI=1S/C5H8N2S2/c1-8-2-4-5(6)7-3-9-4/h3H,2,6H2,1H3. The van der Waals surface area contributed by atoms with Gasteiger partial charge in [0.05, 0.1) is 10.4 Å². The van der Waals surface area contributed by atoms with Gasteiger partial charge >= 0.3 is 0 Å². The highest BCUT2D eigenvalue weighted by Crippen LogP contribution is 2.19. The van der Waals surface area contributed by atoms with E-state index in [1.807, 2.05) is 0 Å². The number of rotatable bonds is 2. The van der Waals surface area contributed by atoms with Gasteiger partial charge in [-0.1, -0.05) is 0 Å². The first kappa shape index (κ1) is 6.89. The summed E-state index contributed by atoms with van der Waals surface area (Å²) in [4.78, 5) is 5.10. The smallest absolute Gasteiger partial charge is 0.138 e. The van der Waals surface area contributed by atoms with E-state index in [2.05, 4.69) is 11.2 Å². The van der Waals surface area contributed by atoms with Gasteiger partial charge in [-0.2, -0.15) is 11.8 Å². The maximum absolute atomic E-state index is 5.51. The van der Waals surface area contributed by atoms with Crippen LogP contribution < -0.4 is 5.73 Å². The van der Waals surface area contributed by atoms with Gasteiger partial charge in [0.1, 0.15) is 5.82 Å². The molecule has 0 aliphatic rings. The minimum absolute atomic E-state index is 0.689. The van der Waals surface area contributed by atoms with Crippen LogP contribution in [-0.2, 0) is 5.75 Å². The molecule has 0 aliphatic heterocycles. The molecule has 0 fully saturated rings. The average molecular weight is 160 g/mol. The first-order valence-corrected chi connectivity index (χ1v) is 4.78. The third-order valence-electron chi connectivity index (χ3n) is 0.948. The fraction of sp³-hybridized carbons (Fsp3) is 0.400. The van der Waals surface area contributed by atoms with E-state index in [9.17, 15) is 0 Å². The zero-order valence-corrected chi connectivity index (χ0v) is 6.76. The molecule has 1 aromatic rings. The average Bonchev–Trinajstić information content (AvgIpc) is 2.18. The molecule has 0 spiro atoms. The molecule has 0 radical (unpaired) electrons. The molecule has 0 saturated carbocycles. The maximum Gasteiger partial charge on any atom is 0.138 e. The molecule has 0 aliphatic carbocycles. The second-order valence-electron chi connectivity index (χ2n) is 1.59. The summed E-state index contributed by atoms with van der Waals surface area (Å²) in [5.74, 6) is 1.67. The zero-order valence-electron chi connectivity index (χ0n) is 5.13. The molecule has 50 valence electrons. The minimum atomic E-state index is 0.689. The fourth-order valence-electron chi connectivity index (χ4n) is 0.518. The van der Waals surface area contributed by atoms with Crippen LogP contribution in [0.2, 0.25) is 0 Å². The second-order valence-corrected chi connectivity index (χ2v) is 3.40. The molecular weight excluding hydrogens is 152 g/mol. The Balaban J connectivity index is 2.69. The fourth-order valence-corrected chi connectivity index (χ4v) is 2.02. The van der Waals surface area contributed by atoms with Crippen molar-refractivity contribution in [2.45, 2.75) is 5.75 Å². The highest BCUT2D eigenvalue weighted by atomic mass is 32.2. The summed E-state index contributed by atoms with van der Waals surface area (Å²) in [6.45, 7) is 0. The molecule has 1 heterocycles. The van der Waals surface area contributed by atoms with Gasteiger partial charge in [-0.15, -0.1) is 11.3 Å². The highest BCUT2D eigenvalue weighted by Gasteiger charge is 1.98. The Kier molecular flexibility index (Phi) is 2.36. The molecule has 0 unspecified atom stereocenters. The predicted molar refractivity (Wildman–Crippen MR) is 43.7 cm³/mol. The van der Waals surface area contributed by atoms with E-state index in [-0.39, 0.29) is 0 Å². The molecule has 2 N–H and O–H groups in total. The van der Waals surface area contributed by atoms with Gasteiger partial charge in [0.15, 0.2) is 0 Å². The Morgan fingerprint density at radius 3 is 3.11 bits per heavy atom. The minimum Gasteiger partial charge on any atom is -0.383 e. The molecule has 0 amide bonds. The number of nitrogens with zero attached hydrogens (tertiary/aromatic N) is 1. The van der Waals surface area contributed by atoms with Gasteiger partial charge in [0.25, 0.3) is 0 Å². The number of thioether (sulfide) groups is 1. The van der Waals surface area contributed by atoms with Gasteiger partial charge < -0.3 is 5.73 Å². The molecule has 0 saturated heterocycles. The van der Waals surface area contributed by atoms with E-state index >= 15 is 0 Å². The van der Waals surface area contributed by atoms with E-state index in [0.717, 1.165) is 5.75 Å². The maximum atomic E-state index is 5.51. The third-order valence-corrected chi connectivity index (χ3v) is 2.56. The van der Waals surface area contributed by atoms with Gasteiger partial charge in [-0.25, -0.2) is 4.98 Å². The summed E-state index contributed by atoms with van der Waals surface area (Å²) < 4.78 is 0. The van der Waals surface area contributed by atoms with Crippen LogP contribution in [0.5, 0.6) is 0 Å². The van der Waals surface area contributed by atoms with Crippen LogP contribution in [0.25, 0.3) is 0 Å². The van der Waals surface area contributed by atoms with Crippen LogP contribution in [0.1, 0.15) is 4.88 Å². The lowest BCUT2D eigenvalue weighted by Crippen LogP contribution is -1.87. The molecule has 9 heavy (non-hydrogen) atoms. The lowest BCUT2D eigenvalue weighted by atomic mass is 10.6. The molecule has 0 aromatic carbocycles. The highest BCUT2D eigenvalue weighted by molar-refractivity contribution is 7.97. The van der Waals surface area contributed by atoms with Crippen molar-refractivity contribution in [1.29, 1.82) is 0 Å². The van der Waals surface area contributed by atoms with Crippen LogP contribution >= 0.6 is 23.1 Å². The summed E-state index contributed by atoms with van der Waals surface area (Å²) in [7, 11) is 0. The molecule has 2 nitrogen and oxygen atoms in total. The molecular formula is C5H8N2S2. The summed E-state index contributed by atoms with van der Waals surface area (Å²) in [6, 6.07) is 0. The van der Waals surface area contributed by atoms with E-state index in [1.54, 1.807) is 28.6 Å². The lowest BCUT2D eigenvalue weighted by Gasteiger charge is -1.90. The molecule has 1 rings (SSSR count). The molecule has 1 aromatic heterocycles.